The summed E-state index contributed by atoms with van der Waals surface area (Å²) in [6.45, 7) is 3.24. The first kappa shape index (κ1) is 20.4. The third kappa shape index (κ3) is 3.93. The van der Waals surface area contributed by atoms with Crippen LogP contribution in [-0.4, -0.2) is 14.2 Å². The number of hydrogen-bond donors (Lipinski definition) is 1. The molecule has 2 unspecified atom stereocenters. The van der Waals surface area contributed by atoms with Gasteiger partial charge in [0, 0.05) is 16.6 Å². The van der Waals surface area contributed by atoms with Crippen molar-refractivity contribution in [3.63, 3.8) is 0 Å². The number of nitrogens with zero attached hydrogens (tertiary/aromatic N) is 2. The third-order valence-corrected chi connectivity index (χ3v) is 7.83. The Morgan fingerprint density at radius 1 is 1.14 bits per heavy atom. The van der Waals surface area contributed by atoms with E-state index in [1.807, 2.05) is 0 Å². The van der Waals surface area contributed by atoms with Crippen molar-refractivity contribution >= 4 is 21.1 Å². The Bertz CT molecular complexity index is 1090. The molecular formula is C18H15F4N3OS2. The van der Waals surface area contributed by atoms with E-state index in [9.17, 15) is 21.8 Å². The standard InChI is InChI=1S/C18H15F4N3OS2/c1-10-16(12-3-6-14(19)7-4-12)25-17(27-10)28(23,26)11(2)13-5-8-15(24-9-13)18(20,21)22/h3-9,11,23H,1-2H3. The van der Waals surface area contributed by atoms with Crippen LogP contribution in [0.4, 0.5) is 17.6 Å². The Morgan fingerprint density at radius 3 is 2.32 bits per heavy atom. The highest BCUT2D eigenvalue weighted by Crippen LogP contribution is 2.36. The zero-order valence-electron chi connectivity index (χ0n) is 14.7. The quantitative estimate of drug-likeness (QED) is 0.530. The van der Waals surface area contributed by atoms with Gasteiger partial charge in [-0.1, -0.05) is 6.07 Å². The maximum absolute atomic E-state index is 13.1. The number of alkyl halides is 3. The second-order valence-corrected chi connectivity index (χ2v) is 9.87. The van der Waals surface area contributed by atoms with Crippen molar-refractivity contribution in [2.75, 3.05) is 0 Å². The van der Waals surface area contributed by atoms with Crippen molar-refractivity contribution in [1.29, 1.82) is 4.78 Å². The second kappa shape index (κ2) is 7.25. The van der Waals surface area contributed by atoms with Gasteiger partial charge in [0.1, 0.15) is 21.2 Å². The van der Waals surface area contributed by atoms with Gasteiger partial charge in [0.05, 0.1) is 10.9 Å². The summed E-state index contributed by atoms with van der Waals surface area (Å²) in [5.74, 6) is -0.399. The summed E-state index contributed by atoms with van der Waals surface area (Å²) < 4.78 is 72.7. The highest BCUT2D eigenvalue weighted by molar-refractivity contribution is 7.94. The normalized spacial score (nSPS) is 15.2. The summed E-state index contributed by atoms with van der Waals surface area (Å²) in [5, 5.41) is -0.908. The highest BCUT2D eigenvalue weighted by Gasteiger charge is 2.33. The summed E-state index contributed by atoms with van der Waals surface area (Å²) >= 11 is 1.08. The molecule has 1 aromatic carbocycles. The van der Waals surface area contributed by atoms with E-state index in [4.69, 9.17) is 4.78 Å². The van der Waals surface area contributed by atoms with Gasteiger partial charge in [-0.2, -0.15) is 13.2 Å². The van der Waals surface area contributed by atoms with Crippen LogP contribution >= 0.6 is 11.3 Å². The Kier molecular flexibility index (Phi) is 5.28. The number of nitrogens with one attached hydrogen (secondary N) is 1. The van der Waals surface area contributed by atoms with Crippen molar-refractivity contribution in [3.05, 3.63) is 64.5 Å². The monoisotopic (exact) mass is 429 g/mol. The lowest BCUT2D eigenvalue weighted by atomic mass is 10.1. The number of pyridine rings is 1. The first-order valence-corrected chi connectivity index (χ1v) is 10.5. The van der Waals surface area contributed by atoms with Gasteiger partial charge in [-0.25, -0.2) is 18.4 Å². The van der Waals surface area contributed by atoms with E-state index in [2.05, 4.69) is 9.97 Å². The summed E-state index contributed by atoms with van der Waals surface area (Å²) in [6.07, 6.45) is -3.58. The maximum Gasteiger partial charge on any atom is 0.433 e. The molecule has 1 N–H and O–H groups in total. The lowest BCUT2D eigenvalue weighted by Gasteiger charge is -2.14. The first-order valence-electron chi connectivity index (χ1n) is 8.04. The van der Waals surface area contributed by atoms with Gasteiger partial charge >= 0.3 is 6.18 Å². The molecule has 0 amide bonds. The molecule has 0 aliphatic heterocycles. The molecular weight excluding hydrogens is 414 g/mol. The van der Waals surface area contributed by atoms with Gasteiger partial charge in [0.15, 0.2) is 4.34 Å². The lowest BCUT2D eigenvalue weighted by molar-refractivity contribution is -0.141. The fourth-order valence-electron chi connectivity index (χ4n) is 2.53. The molecule has 0 aliphatic carbocycles. The number of halogens is 4. The van der Waals surface area contributed by atoms with E-state index in [1.54, 1.807) is 6.92 Å². The Balaban J connectivity index is 1.94. The van der Waals surface area contributed by atoms with E-state index in [0.29, 0.717) is 16.1 Å². The number of aromatic nitrogens is 2. The highest BCUT2D eigenvalue weighted by atomic mass is 32.2. The fraction of sp³-hybridized carbons (Fsp3) is 0.222. The largest absolute Gasteiger partial charge is 0.433 e. The molecule has 10 heteroatoms. The molecule has 0 fully saturated rings. The zero-order chi connectivity index (χ0) is 20.7. The van der Waals surface area contributed by atoms with Crippen molar-refractivity contribution in [2.24, 2.45) is 0 Å². The summed E-state index contributed by atoms with van der Waals surface area (Å²) in [4.78, 5) is 8.40. The van der Waals surface area contributed by atoms with E-state index in [0.717, 1.165) is 23.6 Å². The summed E-state index contributed by atoms with van der Waals surface area (Å²) in [7, 11) is -3.45. The third-order valence-electron chi connectivity index (χ3n) is 4.20. The van der Waals surface area contributed by atoms with Crippen LogP contribution < -0.4 is 0 Å². The molecule has 2 atom stereocenters. The molecule has 0 radical (unpaired) electrons. The van der Waals surface area contributed by atoms with Gasteiger partial charge < -0.3 is 0 Å². The van der Waals surface area contributed by atoms with Crippen LogP contribution in [0.1, 0.15) is 28.3 Å². The molecule has 2 aromatic heterocycles. The molecule has 0 spiro atoms. The molecule has 148 valence electrons. The smallest absolute Gasteiger partial charge is 0.251 e. The van der Waals surface area contributed by atoms with E-state index in [-0.39, 0.29) is 9.90 Å². The second-order valence-electron chi connectivity index (χ2n) is 6.11. The van der Waals surface area contributed by atoms with Crippen LogP contribution in [0, 0.1) is 17.5 Å². The number of rotatable bonds is 4. The van der Waals surface area contributed by atoms with Crippen LogP contribution in [-0.2, 0) is 15.9 Å². The van der Waals surface area contributed by atoms with Crippen LogP contribution in [0.25, 0.3) is 11.3 Å². The maximum atomic E-state index is 13.1. The summed E-state index contributed by atoms with van der Waals surface area (Å²) in [6, 6.07) is 7.62. The Morgan fingerprint density at radius 2 is 1.79 bits per heavy atom. The van der Waals surface area contributed by atoms with Gasteiger partial charge in [-0.05, 0) is 49.7 Å². The molecule has 4 nitrogen and oxygen atoms in total. The van der Waals surface area contributed by atoms with Gasteiger partial charge in [0.2, 0.25) is 0 Å². The molecule has 0 saturated heterocycles. The van der Waals surface area contributed by atoms with Crippen molar-refractivity contribution in [3.8, 4) is 11.3 Å². The molecule has 0 saturated carbocycles. The number of benzene rings is 1. The fourth-order valence-corrected chi connectivity index (χ4v) is 5.55. The average Bonchev–Trinajstić information content (AvgIpc) is 3.03. The minimum Gasteiger partial charge on any atom is -0.251 e. The molecule has 3 rings (SSSR count). The number of aryl methyl sites for hydroxylation is 1. The van der Waals surface area contributed by atoms with Crippen LogP contribution in [0.5, 0.6) is 0 Å². The minimum atomic E-state index is -4.57. The summed E-state index contributed by atoms with van der Waals surface area (Å²) in [5.41, 5.74) is 0.325. The zero-order valence-corrected chi connectivity index (χ0v) is 16.4. The molecule has 28 heavy (non-hydrogen) atoms. The first-order chi connectivity index (χ1) is 13.0. The van der Waals surface area contributed by atoms with Crippen molar-refractivity contribution in [2.45, 2.75) is 29.6 Å². The average molecular weight is 429 g/mol. The van der Waals surface area contributed by atoms with E-state index < -0.39 is 32.7 Å². The molecule has 3 aromatic rings. The van der Waals surface area contributed by atoms with Gasteiger partial charge in [0.25, 0.3) is 0 Å². The number of hydrogen-bond acceptors (Lipinski definition) is 5. The Hall–Kier alpha value is -2.33. The predicted octanol–water partition coefficient (Wildman–Crippen LogP) is 5.84. The van der Waals surface area contributed by atoms with Crippen molar-refractivity contribution < 1.29 is 21.8 Å². The van der Waals surface area contributed by atoms with Crippen LogP contribution in [0.2, 0.25) is 0 Å². The molecule has 0 bridgehead atoms. The van der Waals surface area contributed by atoms with Crippen LogP contribution in [0.15, 0.2) is 46.9 Å². The minimum absolute atomic E-state index is 0.0664. The molecule has 0 aliphatic rings. The Labute approximate surface area is 163 Å². The van der Waals surface area contributed by atoms with E-state index >= 15 is 0 Å². The number of thiazole rings is 1. The topological polar surface area (TPSA) is 66.7 Å². The van der Waals surface area contributed by atoms with Crippen LogP contribution in [0.3, 0.4) is 0 Å². The van der Waals surface area contributed by atoms with Gasteiger partial charge in [-0.3, -0.25) is 4.98 Å². The molecule has 2 heterocycles. The van der Waals surface area contributed by atoms with Gasteiger partial charge in [-0.15, -0.1) is 11.3 Å². The predicted molar refractivity (Wildman–Crippen MR) is 99.0 cm³/mol. The lowest BCUT2D eigenvalue weighted by Crippen LogP contribution is -2.12. The SMILES string of the molecule is Cc1sc(S(=N)(=O)C(C)c2ccc(C(F)(F)F)nc2)nc1-c1ccc(F)cc1. The van der Waals surface area contributed by atoms with E-state index in [1.165, 1.54) is 37.3 Å². The van der Waals surface area contributed by atoms with Crippen molar-refractivity contribution in [1.82, 2.24) is 9.97 Å².